The molecule has 2 aliphatic carbocycles. The van der Waals surface area contributed by atoms with E-state index in [9.17, 15) is 4.39 Å². The summed E-state index contributed by atoms with van der Waals surface area (Å²) in [6.07, 6.45) is 6.60. The number of nitrogens with zero attached hydrogens (tertiary/aromatic N) is 1. The standard InChI is InChI=1S/C15H13BrFN/c16-15-13(17)7-10(8-18)12-6-9-4-2-1-3-5-11(9)14(12)15/h7H,1-6H2. The molecule has 0 unspecified atom stereocenters. The van der Waals surface area contributed by atoms with Crippen molar-refractivity contribution in [1.82, 2.24) is 0 Å². The molecule has 0 heterocycles. The van der Waals surface area contributed by atoms with Gasteiger partial charge in [-0.25, -0.2) is 4.39 Å². The molecule has 0 saturated heterocycles. The zero-order valence-electron chi connectivity index (χ0n) is 10.0. The summed E-state index contributed by atoms with van der Waals surface area (Å²) in [7, 11) is 0. The van der Waals surface area contributed by atoms with Gasteiger partial charge < -0.3 is 0 Å². The third kappa shape index (κ3) is 1.71. The molecule has 1 aromatic rings. The summed E-state index contributed by atoms with van der Waals surface area (Å²) in [5.74, 6) is -0.316. The lowest BCUT2D eigenvalue weighted by Gasteiger charge is -2.10. The lowest BCUT2D eigenvalue weighted by Crippen LogP contribution is -1.96. The van der Waals surface area contributed by atoms with Crippen molar-refractivity contribution in [3.8, 4) is 6.07 Å². The highest BCUT2D eigenvalue weighted by Gasteiger charge is 2.28. The Balaban J connectivity index is 2.21. The maximum atomic E-state index is 13.9. The lowest BCUT2D eigenvalue weighted by molar-refractivity contribution is 0.619. The molecule has 0 radical (unpaired) electrons. The zero-order chi connectivity index (χ0) is 12.7. The quantitative estimate of drug-likeness (QED) is 0.679. The second kappa shape index (κ2) is 4.51. The van der Waals surface area contributed by atoms with Crippen LogP contribution in [0.1, 0.15) is 48.8 Å². The van der Waals surface area contributed by atoms with Crippen molar-refractivity contribution in [2.45, 2.75) is 38.5 Å². The van der Waals surface area contributed by atoms with Crippen LogP contribution < -0.4 is 0 Å². The molecule has 0 aliphatic heterocycles. The molecule has 0 N–H and O–H groups in total. The molecule has 0 saturated carbocycles. The molecule has 0 bridgehead atoms. The molecule has 1 aromatic carbocycles. The van der Waals surface area contributed by atoms with E-state index in [1.165, 1.54) is 36.5 Å². The van der Waals surface area contributed by atoms with Gasteiger partial charge in [0.25, 0.3) is 0 Å². The van der Waals surface area contributed by atoms with Gasteiger partial charge >= 0.3 is 0 Å². The predicted molar refractivity (Wildman–Crippen MR) is 72.5 cm³/mol. The average molecular weight is 306 g/mol. The van der Waals surface area contributed by atoms with Gasteiger partial charge in [0.1, 0.15) is 5.82 Å². The summed E-state index contributed by atoms with van der Waals surface area (Å²) in [5, 5.41) is 9.16. The third-order valence-corrected chi connectivity index (χ3v) is 4.75. The maximum absolute atomic E-state index is 13.9. The SMILES string of the molecule is N#Cc1cc(F)c(Br)c2c1CC1=C2CCCCC1. The summed E-state index contributed by atoms with van der Waals surface area (Å²) in [6.45, 7) is 0. The summed E-state index contributed by atoms with van der Waals surface area (Å²) in [4.78, 5) is 0. The first-order chi connectivity index (χ1) is 8.72. The van der Waals surface area contributed by atoms with Crippen molar-refractivity contribution >= 4 is 21.5 Å². The second-order valence-electron chi connectivity index (χ2n) is 5.00. The number of nitriles is 1. The Morgan fingerprint density at radius 1 is 1.22 bits per heavy atom. The largest absolute Gasteiger partial charge is 0.206 e. The predicted octanol–water partition coefficient (Wildman–Crippen LogP) is 4.73. The normalized spacial score (nSPS) is 18.1. The van der Waals surface area contributed by atoms with Gasteiger partial charge in [-0.1, -0.05) is 12.0 Å². The van der Waals surface area contributed by atoms with Crippen LogP contribution in [-0.4, -0.2) is 0 Å². The number of halogens is 2. The minimum atomic E-state index is -0.316. The molecular formula is C15H13BrFN. The highest BCUT2D eigenvalue weighted by Crippen LogP contribution is 2.45. The van der Waals surface area contributed by atoms with Crippen molar-refractivity contribution in [2.24, 2.45) is 0 Å². The highest BCUT2D eigenvalue weighted by atomic mass is 79.9. The number of fused-ring (bicyclic) bond motifs is 2. The smallest absolute Gasteiger partial charge is 0.139 e. The van der Waals surface area contributed by atoms with Crippen LogP contribution in [0.3, 0.4) is 0 Å². The van der Waals surface area contributed by atoms with Gasteiger partial charge in [0.15, 0.2) is 0 Å². The van der Waals surface area contributed by atoms with Gasteiger partial charge in [0, 0.05) is 0 Å². The minimum absolute atomic E-state index is 0.316. The van der Waals surface area contributed by atoms with Crippen LogP contribution in [0.2, 0.25) is 0 Å². The molecule has 0 fully saturated rings. The molecule has 0 atom stereocenters. The summed E-state index contributed by atoms with van der Waals surface area (Å²) in [6, 6.07) is 3.49. The van der Waals surface area contributed by atoms with Crippen LogP contribution in [0.15, 0.2) is 16.1 Å². The van der Waals surface area contributed by atoms with Crippen molar-refractivity contribution in [1.29, 1.82) is 5.26 Å². The van der Waals surface area contributed by atoms with E-state index in [1.807, 2.05) is 0 Å². The number of allylic oxidation sites excluding steroid dienone is 2. The Labute approximate surface area is 114 Å². The van der Waals surface area contributed by atoms with Gasteiger partial charge in [-0.15, -0.1) is 0 Å². The molecular weight excluding hydrogens is 293 g/mol. The van der Waals surface area contributed by atoms with Crippen molar-refractivity contribution in [3.05, 3.63) is 38.6 Å². The molecule has 0 spiro atoms. The summed E-state index contributed by atoms with van der Waals surface area (Å²) >= 11 is 3.36. The molecule has 18 heavy (non-hydrogen) atoms. The van der Waals surface area contributed by atoms with Gasteiger partial charge in [0.05, 0.1) is 16.1 Å². The zero-order valence-corrected chi connectivity index (χ0v) is 11.6. The number of rotatable bonds is 0. The van der Waals surface area contributed by atoms with E-state index in [4.69, 9.17) is 5.26 Å². The van der Waals surface area contributed by atoms with Crippen molar-refractivity contribution in [2.75, 3.05) is 0 Å². The molecule has 0 aromatic heterocycles. The van der Waals surface area contributed by atoms with E-state index < -0.39 is 0 Å². The average Bonchev–Trinajstić information content (AvgIpc) is 2.57. The van der Waals surface area contributed by atoms with E-state index in [1.54, 1.807) is 0 Å². The molecule has 2 aliphatic rings. The maximum Gasteiger partial charge on any atom is 0.139 e. The molecule has 3 heteroatoms. The Morgan fingerprint density at radius 3 is 2.78 bits per heavy atom. The fourth-order valence-corrected chi connectivity index (χ4v) is 3.71. The van der Waals surface area contributed by atoms with E-state index in [-0.39, 0.29) is 5.82 Å². The van der Waals surface area contributed by atoms with E-state index in [0.29, 0.717) is 10.0 Å². The highest BCUT2D eigenvalue weighted by molar-refractivity contribution is 9.10. The van der Waals surface area contributed by atoms with E-state index in [2.05, 4.69) is 22.0 Å². The molecule has 0 amide bonds. The van der Waals surface area contributed by atoms with Gasteiger partial charge in [0.2, 0.25) is 0 Å². The Hall–Kier alpha value is -1.14. The topological polar surface area (TPSA) is 23.8 Å². The molecule has 1 nitrogen and oxygen atoms in total. The van der Waals surface area contributed by atoms with Crippen LogP contribution in [0.5, 0.6) is 0 Å². The van der Waals surface area contributed by atoms with Crippen LogP contribution >= 0.6 is 15.9 Å². The van der Waals surface area contributed by atoms with Gasteiger partial charge in [-0.2, -0.15) is 5.26 Å². The first-order valence-corrected chi connectivity index (χ1v) is 7.14. The number of hydrogen-bond acceptors (Lipinski definition) is 1. The monoisotopic (exact) mass is 305 g/mol. The Morgan fingerprint density at radius 2 is 2.00 bits per heavy atom. The molecule has 92 valence electrons. The second-order valence-corrected chi connectivity index (χ2v) is 5.80. The third-order valence-electron chi connectivity index (χ3n) is 3.97. The fourth-order valence-electron chi connectivity index (χ4n) is 3.12. The molecule has 3 rings (SSSR count). The minimum Gasteiger partial charge on any atom is -0.206 e. The number of hydrogen-bond donors (Lipinski definition) is 0. The van der Waals surface area contributed by atoms with Crippen molar-refractivity contribution in [3.63, 3.8) is 0 Å². The number of benzene rings is 1. The Kier molecular flexibility index (Phi) is 2.99. The van der Waals surface area contributed by atoms with Crippen LogP contribution in [0.4, 0.5) is 4.39 Å². The van der Waals surface area contributed by atoms with E-state index in [0.717, 1.165) is 30.4 Å². The van der Waals surface area contributed by atoms with Crippen LogP contribution in [0, 0.1) is 17.1 Å². The first kappa shape index (κ1) is 11.9. The van der Waals surface area contributed by atoms with Crippen LogP contribution in [-0.2, 0) is 6.42 Å². The van der Waals surface area contributed by atoms with Gasteiger partial charge in [-0.3, -0.25) is 0 Å². The summed E-state index contributed by atoms with van der Waals surface area (Å²) in [5.41, 5.74) is 5.22. The first-order valence-electron chi connectivity index (χ1n) is 6.34. The van der Waals surface area contributed by atoms with Crippen LogP contribution in [0.25, 0.3) is 5.57 Å². The van der Waals surface area contributed by atoms with E-state index >= 15 is 0 Å². The van der Waals surface area contributed by atoms with Crippen molar-refractivity contribution < 1.29 is 4.39 Å². The van der Waals surface area contributed by atoms with Gasteiger partial charge in [-0.05, 0) is 70.8 Å². The Bertz CT molecular complexity index is 595. The lowest BCUT2D eigenvalue weighted by atomic mass is 9.98. The fraction of sp³-hybridized carbons (Fsp3) is 0.400. The summed E-state index contributed by atoms with van der Waals surface area (Å²) < 4.78 is 14.4.